The van der Waals surface area contributed by atoms with Gasteiger partial charge in [0.2, 0.25) is 0 Å². The van der Waals surface area contributed by atoms with Crippen molar-refractivity contribution in [3.05, 3.63) is 53.1 Å². The monoisotopic (exact) mass is 258 g/mol. The maximum absolute atomic E-state index is 9.41. The number of rotatable bonds is 3. The van der Waals surface area contributed by atoms with E-state index in [9.17, 15) is 10.2 Å². The first kappa shape index (κ1) is 13.6. The van der Waals surface area contributed by atoms with E-state index in [0.717, 1.165) is 16.7 Å². The van der Waals surface area contributed by atoms with Crippen LogP contribution in [-0.2, 0) is 0 Å². The maximum Gasteiger partial charge on any atom is 0.182 e. The van der Waals surface area contributed by atoms with Crippen LogP contribution >= 0.6 is 0 Å². The number of aryl methyl sites for hydroxylation is 2. The van der Waals surface area contributed by atoms with E-state index in [1.165, 1.54) is 12.7 Å². The Bertz CT molecular complexity index is 589. The SMILES string of the molecule is COc1ccc(-c2cc(C)ccc2C)cc1C(O)O. The Kier molecular flexibility index (Phi) is 3.88. The summed E-state index contributed by atoms with van der Waals surface area (Å²) < 4.78 is 5.13. The van der Waals surface area contributed by atoms with Crippen molar-refractivity contribution in [2.24, 2.45) is 0 Å². The molecule has 2 rings (SSSR count). The Hall–Kier alpha value is -1.84. The van der Waals surface area contributed by atoms with Crippen molar-refractivity contribution in [3.63, 3.8) is 0 Å². The van der Waals surface area contributed by atoms with E-state index in [2.05, 4.69) is 18.2 Å². The van der Waals surface area contributed by atoms with Crippen molar-refractivity contribution in [1.82, 2.24) is 0 Å². The third kappa shape index (κ3) is 2.78. The lowest BCUT2D eigenvalue weighted by atomic mass is 9.96. The number of methoxy groups -OCH3 is 1. The fourth-order valence-corrected chi connectivity index (χ4v) is 2.15. The van der Waals surface area contributed by atoms with Gasteiger partial charge in [0.15, 0.2) is 6.29 Å². The van der Waals surface area contributed by atoms with E-state index in [-0.39, 0.29) is 0 Å². The van der Waals surface area contributed by atoms with Crippen molar-refractivity contribution in [2.45, 2.75) is 20.1 Å². The molecule has 3 nitrogen and oxygen atoms in total. The quantitative estimate of drug-likeness (QED) is 0.832. The molecule has 0 amide bonds. The lowest BCUT2D eigenvalue weighted by molar-refractivity contribution is -0.0438. The van der Waals surface area contributed by atoms with Gasteiger partial charge in [0.1, 0.15) is 5.75 Å². The molecule has 2 aromatic rings. The summed E-state index contributed by atoms with van der Waals surface area (Å²) >= 11 is 0. The average Bonchev–Trinajstić information content (AvgIpc) is 2.40. The highest BCUT2D eigenvalue weighted by atomic mass is 16.5. The lowest BCUT2D eigenvalue weighted by Crippen LogP contribution is -1.99. The molecule has 0 aliphatic heterocycles. The second-order valence-corrected chi connectivity index (χ2v) is 4.65. The summed E-state index contributed by atoms with van der Waals surface area (Å²) in [7, 11) is 1.51. The molecule has 0 atom stereocenters. The Balaban J connectivity index is 2.57. The highest BCUT2D eigenvalue weighted by Crippen LogP contribution is 2.31. The minimum Gasteiger partial charge on any atom is -0.496 e. The Morgan fingerprint density at radius 2 is 1.74 bits per heavy atom. The van der Waals surface area contributed by atoms with Crippen molar-refractivity contribution in [2.75, 3.05) is 7.11 Å². The molecule has 0 bridgehead atoms. The summed E-state index contributed by atoms with van der Waals surface area (Å²) in [5.74, 6) is 0.476. The zero-order chi connectivity index (χ0) is 14.0. The molecule has 2 aromatic carbocycles. The first-order chi connectivity index (χ1) is 9.02. The van der Waals surface area contributed by atoms with Gasteiger partial charge < -0.3 is 14.9 Å². The predicted octanol–water partition coefficient (Wildman–Crippen LogP) is 2.96. The van der Waals surface area contributed by atoms with E-state index in [0.29, 0.717) is 11.3 Å². The molecule has 0 aromatic heterocycles. The topological polar surface area (TPSA) is 49.7 Å². The van der Waals surface area contributed by atoms with Crippen LogP contribution in [0.15, 0.2) is 36.4 Å². The van der Waals surface area contributed by atoms with Crippen LogP contribution in [0.4, 0.5) is 0 Å². The van der Waals surface area contributed by atoms with Gasteiger partial charge in [-0.25, -0.2) is 0 Å². The Morgan fingerprint density at radius 3 is 2.37 bits per heavy atom. The van der Waals surface area contributed by atoms with E-state index in [4.69, 9.17) is 4.74 Å². The van der Waals surface area contributed by atoms with Crippen molar-refractivity contribution >= 4 is 0 Å². The van der Waals surface area contributed by atoms with Crippen LogP contribution in [0, 0.1) is 13.8 Å². The molecule has 0 spiro atoms. The predicted molar refractivity (Wildman–Crippen MR) is 75.1 cm³/mol. The molecule has 0 aliphatic carbocycles. The molecular weight excluding hydrogens is 240 g/mol. The molecule has 0 saturated carbocycles. The van der Waals surface area contributed by atoms with Crippen LogP contribution < -0.4 is 4.74 Å². The summed E-state index contributed by atoms with van der Waals surface area (Å²) in [4.78, 5) is 0. The number of benzene rings is 2. The van der Waals surface area contributed by atoms with Crippen LogP contribution in [0.2, 0.25) is 0 Å². The number of ether oxygens (including phenoxy) is 1. The smallest absolute Gasteiger partial charge is 0.182 e. The van der Waals surface area contributed by atoms with Gasteiger partial charge in [0.05, 0.1) is 7.11 Å². The van der Waals surface area contributed by atoms with Crippen molar-refractivity contribution in [3.8, 4) is 16.9 Å². The van der Waals surface area contributed by atoms with Crippen LogP contribution in [0.1, 0.15) is 23.0 Å². The maximum atomic E-state index is 9.41. The van der Waals surface area contributed by atoms with Gasteiger partial charge in [0, 0.05) is 5.56 Å². The molecule has 0 unspecified atom stereocenters. The summed E-state index contributed by atoms with van der Waals surface area (Å²) in [6.45, 7) is 4.07. The fraction of sp³-hybridized carbons (Fsp3) is 0.250. The van der Waals surface area contributed by atoms with Gasteiger partial charge in [-0.2, -0.15) is 0 Å². The minimum atomic E-state index is -1.54. The van der Waals surface area contributed by atoms with Crippen LogP contribution in [0.25, 0.3) is 11.1 Å². The van der Waals surface area contributed by atoms with E-state index in [1.807, 2.05) is 19.9 Å². The molecule has 0 heterocycles. The van der Waals surface area contributed by atoms with Crippen LogP contribution in [0.5, 0.6) is 5.75 Å². The molecule has 0 radical (unpaired) electrons. The Morgan fingerprint density at radius 1 is 1.00 bits per heavy atom. The molecule has 3 heteroatoms. The van der Waals surface area contributed by atoms with Gasteiger partial charge in [-0.1, -0.05) is 29.8 Å². The summed E-state index contributed by atoms with van der Waals surface area (Å²) in [5.41, 5.74) is 4.73. The molecule has 2 N–H and O–H groups in total. The van der Waals surface area contributed by atoms with Crippen LogP contribution in [-0.4, -0.2) is 17.3 Å². The van der Waals surface area contributed by atoms with Crippen molar-refractivity contribution in [1.29, 1.82) is 0 Å². The third-order valence-corrected chi connectivity index (χ3v) is 3.21. The highest BCUT2D eigenvalue weighted by Gasteiger charge is 2.12. The zero-order valence-electron chi connectivity index (χ0n) is 11.3. The largest absolute Gasteiger partial charge is 0.496 e. The summed E-state index contributed by atoms with van der Waals surface area (Å²) in [5, 5.41) is 18.8. The molecule has 0 fully saturated rings. The zero-order valence-corrected chi connectivity index (χ0v) is 11.3. The first-order valence-electron chi connectivity index (χ1n) is 6.14. The Labute approximate surface area is 113 Å². The van der Waals surface area contributed by atoms with Gasteiger partial charge in [-0.3, -0.25) is 0 Å². The number of aliphatic hydroxyl groups excluding tert-OH is 1. The molecule has 100 valence electrons. The fourth-order valence-electron chi connectivity index (χ4n) is 2.15. The standard InChI is InChI=1S/C16H18O3/c1-10-4-5-11(2)13(8-10)12-6-7-15(19-3)14(9-12)16(17)18/h4-9,16-18H,1-3H3. The molecular formula is C16H18O3. The molecule has 0 aliphatic rings. The summed E-state index contributed by atoms with van der Waals surface area (Å²) in [6.07, 6.45) is -1.54. The number of aliphatic hydroxyl groups is 2. The number of hydrogen-bond donors (Lipinski definition) is 2. The van der Waals surface area contributed by atoms with E-state index < -0.39 is 6.29 Å². The van der Waals surface area contributed by atoms with Crippen molar-refractivity contribution < 1.29 is 14.9 Å². The first-order valence-corrected chi connectivity index (χ1v) is 6.14. The summed E-state index contributed by atoms with van der Waals surface area (Å²) in [6, 6.07) is 11.6. The van der Waals surface area contributed by atoms with Gasteiger partial charge in [0.25, 0.3) is 0 Å². The molecule has 19 heavy (non-hydrogen) atoms. The lowest BCUT2D eigenvalue weighted by Gasteiger charge is -2.14. The third-order valence-electron chi connectivity index (χ3n) is 3.21. The van der Waals surface area contributed by atoms with E-state index in [1.54, 1.807) is 12.1 Å². The number of hydrogen-bond acceptors (Lipinski definition) is 3. The second kappa shape index (κ2) is 5.43. The van der Waals surface area contributed by atoms with Gasteiger partial charge in [-0.05, 0) is 42.7 Å². The second-order valence-electron chi connectivity index (χ2n) is 4.65. The van der Waals surface area contributed by atoms with E-state index >= 15 is 0 Å². The molecule has 0 saturated heterocycles. The average molecular weight is 258 g/mol. The highest BCUT2D eigenvalue weighted by molar-refractivity contribution is 5.69. The van der Waals surface area contributed by atoms with Gasteiger partial charge in [-0.15, -0.1) is 0 Å². The minimum absolute atomic E-state index is 0.376. The van der Waals surface area contributed by atoms with Gasteiger partial charge >= 0.3 is 0 Å². The normalized spacial score (nSPS) is 10.8. The van der Waals surface area contributed by atoms with Crippen LogP contribution in [0.3, 0.4) is 0 Å².